The number of carbonyl (C=O) groups is 1. The third kappa shape index (κ3) is 4.96. The van der Waals surface area contributed by atoms with Gasteiger partial charge in [0.1, 0.15) is 0 Å². The fourth-order valence-electron chi connectivity index (χ4n) is 3.36. The van der Waals surface area contributed by atoms with Crippen molar-refractivity contribution in [2.24, 2.45) is 5.92 Å². The van der Waals surface area contributed by atoms with Crippen LogP contribution in [0.3, 0.4) is 0 Å². The van der Waals surface area contributed by atoms with E-state index in [9.17, 15) is 4.79 Å². The number of carbonyl (C=O) groups excluding carboxylic acids is 1. The Morgan fingerprint density at radius 2 is 2.12 bits per heavy atom. The molecule has 1 saturated heterocycles. The lowest BCUT2D eigenvalue weighted by molar-refractivity contribution is -0.119. The number of aromatic nitrogens is 1. The fraction of sp³-hybridized carbons (Fsp3) is 0.444. The van der Waals surface area contributed by atoms with Crippen LogP contribution < -0.4 is 10.6 Å². The average molecular weight is 415 g/mol. The largest absolute Gasteiger partial charge is 0.316 e. The molecule has 1 fully saturated rings. The van der Waals surface area contributed by atoms with Crippen LogP contribution in [-0.2, 0) is 24.3 Å². The van der Waals surface area contributed by atoms with Crippen molar-refractivity contribution in [1.29, 1.82) is 0 Å². The highest BCUT2D eigenvalue weighted by Gasteiger charge is 2.25. The van der Waals surface area contributed by atoms with Crippen molar-refractivity contribution in [2.45, 2.75) is 25.9 Å². The first-order chi connectivity index (χ1) is 11.8. The highest BCUT2D eigenvalue weighted by molar-refractivity contribution is 7.15. The molecule has 2 aliphatic rings. The van der Waals surface area contributed by atoms with Crippen molar-refractivity contribution in [2.75, 3.05) is 25.0 Å². The number of nitrogens with zero attached hydrogens (tertiary/aromatic N) is 2. The van der Waals surface area contributed by atoms with E-state index >= 15 is 0 Å². The van der Waals surface area contributed by atoms with Crippen molar-refractivity contribution in [3.63, 3.8) is 0 Å². The van der Waals surface area contributed by atoms with Gasteiger partial charge in [0.15, 0.2) is 5.13 Å². The highest BCUT2D eigenvalue weighted by atomic mass is 35.5. The molecule has 5 nitrogen and oxygen atoms in total. The summed E-state index contributed by atoms with van der Waals surface area (Å²) in [4.78, 5) is 20.6. The maximum Gasteiger partial charge on any atom is 0.230 e. The first-order valence-electron chi connectivity index (χ1n) is 8.54. The van der Waals surface area contributed by atoms with Crippen LogP contribution in [0, 0.1) is 5.92 Å². The van der Waals surface area contributed by atoms with Crippen LogP contribution in [0.15, 0.2) is 30.3 Å². The zero-order valence-corrected chi connectivity index (χ0v) is 16.9. The van der Waals surface area contributed by atoms with Gasteiger partial charge in [-0.15, -0.1) is 36.2 Å². The van der Waals surface area contributed by atoms with E-state index in [0.29, 0.717) is 0 Å². The molecule has 2 aromatic rings. The minimum atomic E-state index is 0. The second-order valence-electron chi connectivity index (χ2n) is 6.51. The molecule has 142 valence electrons. The van der Waals surface area contributed by atoms with Crippen molar-refractivity contribution in [3.8, 4) is 0 Å². The average Bonchev–Trinajstić information content (AvgIpc) is 3.24. The summed E-state index contributed by atoms with van der Waals surface area (Å²) in [5.41, 5.74) is 2.50. The molecule has 2 aliphatic heterocycles. The minimum Gasteiger partial charge on any atom is -0.316 e. The smallest absolute Gasteiger partial charge is 0.230 e. The van der Waals surface area contributed by atoms with E-state index in [4.69, 9.17) is 0 Å². The number of nitrogens with one attached hydrogen (secondary N) is 2. The molecule has 0 spiro atoms. The molecule has 1 aromatic heterocycles. The summed E-state index contributed by atoms with van der Waals surface area (Å²) in [6, 6.07) is 10.6. The Bertz CT molecular complexity index is 719. The maximum absolute atomic E-state index is 12.2. The van der Waals surface area contributed by atoms with Crippen LogP contribution in [0.4, 0.5) is 5.13 Å². The fourth-order valence-corrected chi connectivity index (χ4v) is 4.42. The van der Waals surface area contributed by atoms with Gasteiger partial charge in [-0.1, -0.05) is 30.3 Å². The zero-order valence-electron chi connectivity index (χ0n) is 14.4. The highest BCUT2D eigenvalue weighted by Crippen LogP contribution is 2.29. The van der Waals surface area contributed by atoms with Gasteiger partial charge in [-0.05, 0) is 18.5 Å². The van der Waals surface area contributed by atoms with Gasteiger partial charge in [-0.3, -0.25) is 9.69 Å². The van der Waals surface area contributed by atoms with E-state index in [-0.39, 0.29) is 36.6 Å². The number of fused-ring (bicyclic) bond motifs is 1. The first-order valence-corrected chi connectivity index (χ1v) is 9.36. The number of amides is 1. The van der Waals surface area contributed by atoms with Crippen molar-refractivity contribution >= 4 is 47.2 Å². The lowest BCUT2D eigenvalue weighted by Crippen LogP contribution is -2.29. The topological polar surface area (TPSA) is 57.3 Å². The predicted octanol–water partition coefficient (Wildman–Crippen LogP) is 3.09. The Morgan fingerprint density at radius 3 is 2.85 bits per heavy atom. The van der Waals surface area contributed by atoms with E-state index in [0.717, 1.165) is 56.4 Å². The monoisotopic (exact) mass is 414 g/mol. The van der Waals surface area contributed by atoms with Gasteiger partial charge in [-0.25, -0.2) is 4.98 Å². The zero-order chi connectivity index (χ0) is 16.4. The second kappa shape index (κ2) is 9.67. The quantitative estimate of drug-likeness (QED) is 0.806. The maximum atomic E-state index is 12.2. The van der Waals surface area contributed by atoms with E-state index in [1.807, 2.05) is 0 Å². The molecule has 1 unspecified atom stereocenters. The van der Waals surface area contributed by atoms with E-state index in [1.54, 1.807) is 11.3 Å². The molecule has 1 amide bonds. The summed E-state index contributed by atoms with van der Waals surface area (Å²) in [6.45, 7) is 4.62. The van der Waals surface area contributed by atoms with Gasteiger partial charge in [0.25, 0.3) is 0 Å². The van der Waals surface area contributed by atoms with Crippen LogP contribution in [0.5, 0.6) is 0 Å². The van der Waals surface area contributed by atoms with Gasteiger partial charge >= 0.3 is 0 Å². The third-order valence-corrected chi connectivity index (χ3v) is 5.72. The third-order valence-electron chi connectivity index (χ3n) is 4.72. The van der Waals surface area contributed by atoms with E-state index < -0.39 is 0 Å². The number of halogens is 2. The molecule has 0 bridgehead atoms. The summed E-state index contributed by atoms with van der Waals surface area (Å²) in [6.07, 6.45) is 1.88. The van der Waals surface area contributed by atoms with Crippen molar-refractivity contribution in [1.82, 2.24) is 15.2 Å². The van der Waals surface area contributed by atoms with Gasteiger partial charge in [0, 0.05) is 37.5 Å². The molecule has 1 atom stereocenters. The van der Waals surface area contributed by atoms with E-state index in [1.165, 1.54) is 10.4 Å². The Kier molecular flexibility index (Phi) is 7.85. The Morgan fingerprint density at radius 1 is 1.31 bits per heavy atom. The van der Waals surface area contributed by atoms with Crippen LogP contribution in [-0.4, -0.2) is 35.4 Å². The molecule has 0 saturated carbocycles. The molecule has 1 aromatic carbocycles. The molecule has 4 rings (SSSR count). The Labute approximate surface area is 170 Å². The lowest BCUT2D eigenvalue weighted by atomic mass is 10.1. The molecule has 0 radical (unpaired) electrons. The molecule has 0 aliphatic carbocycles. The SMILES string of the molecule is Cl.Cl.O=C(Nc1nc2c(s1)CN(Cc1ccccc1)CC2)C1CCNC1. The van der Waals surface area contributed by atoms with Gasteiger partial charge in [0.2, 0.25) is 5.91 Å². The number of hydrogen-bond donors (Lipinski definition) is 2. The van der Waals surface area contributed by atoms with Crippen molar-refractivity contribution in [3.05, 3.63) is 46.5 Å². The van der Waals surface area contributed by atoms with E-state index in [2.05, 4.69) is 50.8 Å². The number of hydrogen-bond acceptors (Lipinski definition) is 5. The summed E-state index contributed by atoms with van der Waals surface area (Å²) in [5, 5.41) is 7.01. The Hall–Kier alpha value is -1.18. The molecule has 3 heterocycles. The molecular formula is C18H24Cl2N4OS. The Balaban J connectivity index is 0.00000121. The standard InChI is InChI=1S/C18H22N4OS.2ClH/c23-17(14-6-8-19-10-14)21-18-20-15-7-9-22(12-16(15)24-18)11-13-4-2-1-3-5-13;;/h1-5,14,19H,6-12H2,(H,20,21,23);2*1H. The summed E-state index contributed by atoms with van der Waals surface area (Å²) < 4.78 is 0. The molecule has 8 heteroatoms. The van der Waals surface area contributed by atoms with Gasteiger partial charge in [-0.2, -0.15) is 0 Å². The lowest BCUT2D eigenvalue weighted by Gasteiger charge is -2.25. The normalized spacial score (nSPS) is 19.2. The second-order valence-corrected chi connectivity index (χ2v) is 7.60. The van der Waals surface area contributed by atoms with Crippen molar-refractivity contribution < 1.29 is 4.79 Å². The molecule has 26 heavy (non-hydrogen) atoms. The number of anilines is 1. The number of rotatable bonds is 4. The summed E-state index contributed by atoms with van der Waals surface area (Å²) in [5.74, 6) is 0.188. The van der Waals surface area contributed by atoms with Crippen LogP contribution in [0.25, 0.3) is 0 Å². The predicted molar refractivity (Wildman–Crippen MR) is 110 cm³/mol. The molecule has 2 N–H and O–H groups in total. The molecular weight excluding hydrogens is 391 g/mol. The van der Waals surface area contributed by atoms with Gasteiger partial charge in [0.05, 0.1) is 11.6 Å². The van der Waals surface area contributed by atoms with Crippen LogP contribution in [0.2, 0.25) is 0 Å². The minimum absolute atomic E-state index is 0. The summed E-state index contributed by atoms with van der Waals surface area (Å²) in [7, 11) is 0. The first kappa shape index (κ1) is 21.1. The van der Waals surface area contributed by atoms with Crippen LogP contribution in [0.1, 0.15) is 22.6 Å². The number of thiazole rings is 1. The van der Waals surface area contributed by atoms with Gasteiger partial charge < -0.3 is 10.6 Å². The summed E-state index contributed by atoms with van der Waals surface area (Å²) >= 11 is 1.63. The van der Waals surface area contributed by atoms with Crippen LogP contribution >= 0.6 is 36.2 Å². The number of benzene rings is 1.